The van der Waals surface area contributed by atoms with E-state index in [-0.39, 0.29) is 5.75 Å². The third-order valence-corrected chi connectivity index (χ3v) is 2.78. The molecule has 2 rings (SSSR count). The molecule has 0 spiro atoms. The molecule has 2 N–H and O–H groups in total. The van der Waals surface area contributed by atoms with Crippen LogP contribution in [0.4, 0.5) is 0 Å². The first-order valence-corrected chi connectivity index (χ1v) is 4.75. The molecular formula is C11H15NO2. The summed E-state index contributed by atoms with van der Waals surface area (Å²) in [5.41, 5.74) is 3.11. The van der Waals surface area contributed by atoms with E-state index in [1.165, 1.54) is 0 Å². The zero-order valence-corrected chi connectivity index (χ0v) is 8.72. The molecule has 1 aromatic carbocycles. The minimum atomic E-state index is 0.283. The van der Waals surface area contributed by atoms with E-state index in [1.54, 1.807) is 7.11 Å². The summed E-state index contributed by atoms with van der Waals surface area (Å²) in [6, 6.07) is 2.33. The summed E-state index contributed by atoms with van der Waals surface area (Å²) in [4.78, 5) is 0. The highest BCUT2D eigenvalue weighted by atomic mass is 16.5. The van der Waals surface area contributed by atoms with Crippen LogP contribution in [0.2, 0.25) is 0 Å². The van der Waals surface area contributed by atoms with Gasteiger partial charge in [-0.15, -0.1) is 0 Å². The van der Waals surface area contributed by atoms with Gasteiger partial charge in [-0.25, -0.2) is 0 Å². The lowest BCUT2D eigenvalue weighted by atomic mass is 10.0. The maximum Gasteiger partial charge on any atom is 0.163 e. The van der Waals surface area contributed by atoms with E-state index in [1.807, 2.05) is 19.9 Å². The van der Waals surface area contributed by atoms with Gasteiger partial charge in [-0.1, -0.05) is 6.07 Å². The fraction of sp³-hybridized carbons (Fsp3) is 0.455. The largest absolute Gasteiger partial charge is 0.504 e. The number of phenols is 1. The van der Waals surface area contributed by atoms with Gasteiger partial charge in [-0.3, -0.25) is 0 Å². The Morgan fingerprint density at radius 2 is 2.14 bits per heavy atom. The Labute approximate surface area is 83.7 Å². The summed E-state index contributed by atoms with van der Waals surface area (Å²) >= 11 is 0. The van der Waals surface area contributed by atoms with Gasteiger partial charge in [0.05, 0.1) is 7.11 Å². The van der Waals surface area contributed by atoms with Gasteiger partial charge in [-0.05, 0) is 25.0 Å². The van der Waals surface area contributed by atoms with Crippen LogP contribution in [0.5, 0.6) is 11.5 Å². The number of methoxy groups -OCH3 is 1. The molecule has 1 heterocycles. The number of phenolic OH excluding ortho intramolecular Hbond substituents is 1. The highest BCUT2D eigenvalue weighted by molar-refractivity contribution is 5.55. The lowest BCUT2D eigenvalue weighted by molar-refractivity contribution is 0.367. The van der Waals surface area contributed by atoms with E-state index in [2.05, 4.69) is 5.32 Å². The number of hydrogen-bond acceptors (Lipinski definition) is 3. The van der Waals surface area contributed by atoms with Crippen LogP contribution in [-0.4, -0.2) is 18.8 Å². The van der Waals surface area contributed by atoms with Crippen molar-refractivity contribution in [3.8, 4) is 11.5 Å². The average molecular weight is 193 g/mol. The van der Waals surface area contributed by atoms with E-state index in [0.29, 0.717) is 11.8 Å². The number of aryl methyl sites for hydroxylation is 1. The molecule has 0 radical (unpaired) electrons. The molecule has 76 valence electrons. The summed E-state index contributed by atoms with van der Waals surface area (Å²) in [6.07, 6.45) is 0. The zero-order valence-electron chi connectivity index (χ0n) is 8.72. The Morgan fingerprint density at radius 3 is 2.64 bits per heavy atom. The van der Waals surface area contributed by atoms with Crippen molar-refractivity contribution < 1.29 is 9.84 Å². The van der Waals surface area contributed by atoms with Gasteiger partial charge in [0.15, 0.2) is 11.5 Å². The number of nitrogens with one attached hydrogen (secondary N) is 1. The summed E-state index contributed by atoms with van der Waals surface area (Å²) in [7, 11) is 1.59. The van der Waals surface area contributed by atoms with Crippen molar-refractivity contribution in [2.24, 2.45) is 0 Å². The molecule has 1 fully saturated rings. The van der Waals surface area contributed by atoms with Crippen molar-refractivity contribution in [1.82, 2.24) is 5.32 Å². The monoisotopic (exact) mass is 193 g/mol. The molecule has 0 aromatic heterocycles. The first-order chi connectivity index (χ1) is 6.65. The maximum atomic E-state index is 9.94. The first-order valence-electron chi connectivity index (χ1n) is 4.75. The number of ether oxygens (including phenoxy) is 1. The van der Waals surface area contributed by atoms with E-state index >= 15 is 0 Å². The van der Waals surface area contributed by atoms with Gasteiger partial charge in [0.1, 0.15) is 0 Å². The Balaban J connectivity index is 2.57. The predicted molar refractivity (Wildman–Crippen MR) is 54.9 cm³/mol. The number of hydrogen-bond donors (Lipinski definition) is 2. The quantitative estimate of drug-likeness (QED) is 0.702. The van der Waals surface area contributed by atoms with Gasteiger partial charge in [0.2, 0.25) is 0 Å². The van der Waals surface area contributed by atoms with Crippen LogP contribution in [0.25, 0.3) is 0 Å². The molecule has 0 unspecified atom stereocenters. The topological polar surface area (TPSA) is 51.4 Å². The van der Waals surface area contributed by atoms with Crippen molar-refractivity contribution in [1.29, 1.82) is 0 Å². The van der Waals surface area contributed by atoms with Gasteiger partial charge in [0, 0.05) is 18.2 Å². The smallest absolute Gasteiger partial charge is 0.163 e. The minimum Gasteiger partial charge on any atom is -0.504 e. The molecule has 0 saturated carbocycles. The molecule has 0 bridgehead atoms. The van der Waals surface area contributed by atoms with E-state index in [0.717, 1.165) is 23.2 Å². The molecule has 1 aliphatic rings. The standard InChI is InChI=1S/C11H15NO2/c1-6-4-8(9-5-12-9)10(13)11(14-3)7(6)2/h4,9,12-13H,5H2,1-3H3/t9-/m1/s1. The van der Waals surface area contributed by atoms with Crippen molar-refractivity contribution in [3.05, 3.63) is 22.8 Å². The fourth-order valence-electron chi connectivity index (χ4n) is 1.69. The second kappa shape index (κ2) is 3.17. The Hall–Kier alpha value is -1.22. The van der Waals surface area contributed by atoms with Gasteiger partial charge < -0.3 is 15.2 Å². The average Bonchev–Trinajstić information content (AvgIpc) is 2.96. The van der Waals surface area contributed by atoms with E-state index in [4.69, 9.17) is 4.74 Å². The molecule has 0 amide bonds. The first kappa shape index (κ1) is 9.34. The van der Waals surface area contributed by atoms with Crippen LogP contribution in [0.1, 0.15) is 22.7 Å². The lowest BCUT2D eigenvalue weighted by Crippen LogP contribution is -1.96. The van der Waals surface area contributed by atoms with Gasteiger partial charge in [-0.2, -0.15) is 0 Å². The molecule has 0 aliphatic carbocycles. The highest BCUT2D eigenvalue weighted by Gasteiger charge is 2.28. The van der Waals surface area contributed by atoms with E-state index in [9.17, 15) is 5.11 Å². The van der Waals surface area contributed by atoms with Crippen molar-refractivity contribution in [2.45, 2.75) is 19.9 Å². The normalized spacial score (nSPS) is 19.5. The van der Waals surface area contributed by atoms with Gasteiger partial charge in [0.25, 0.3) is 0 Å². The van der Waals surface area contributed by atoms with Crippen LogP contribution in [-0.2, 0) is 0 Å². The zero-order chi connectivity index (χ0) is 10.3. The molecule has 14 heavy (non-hydrogen) atoms. The third-order valence-electron chi connectivity index (χ3n) is 2.78. The summed E-state index contributed by atoms with van der Waals surface area (Å²) in [6.45, 7) is 4.93. The summed E-state index contributed by atoms with van der Waals surface area (Å²) < 4.78 is 5.20. The predicted octanol–water partition coefficient (Wildman–Crippen LogP) is 1.66. The van der Waals surface area contributed by atoms with Crippen LogP contribution < -0.4 is 10.1 Å². The molecule has 1 saturated heterocycles. The van der Waals surface area contributed by atoms with Crippen LogP contribution in [0.3, 0.4) is 0 Å². The summed E-state index contributed by atoms with van der Waals surface area (Å²) in [5, 5.41) is 13.1. The molecule has 3 heteroatoms. The Kier molecular flexibility index (Phi) is 2.11. The maximum absolute atomic E-state index is 9.94. The molecule has 1 atom stereocenters. The molecular weight excluding hydrogens is 178 g/mol. The van der Waals surface area contributed by atoms with Crippen LogP contribution in [0.15, 0.2) is 6.07 Å². The van der Waals surface area contributed by atoms with Crippen molar-refractivity contribution in [3.63, 3.8) is 0 Å². The Morgan fingerprint density at radius 1 is 1.50 bits per heavy atom. The lowest BCUT2D eigenvalue weighted by Gasteiger charge is -2.13. The second-order valence-corrected chi connectivity index (χ2v) is 3.75. The minimum absolute atomic E-state index is 0.283. The molecule has 3 nitrogen and oxygen atoms in total. The number of benzene rings is 1. The summed E-state index contributed by atoms with van der Waals surface area (Å²) in [5.74, 6) is 0.888. The Bertz CT molecular complexity index is 370. The highest BCUT2D eigenvalue weighted by Crippen LogP contribution is 2.40. The SMILES string of the molecule is COc1c(C)c(C)cc([C@H]2CN2)c1O. The van der Waals surface area contributed by atoms with Crippen LogP contribution >= 0.6 is 0 Å². The second-order valence-electron chi connectivity index (χ2n) is 3.75. The van der Waals surface area contributed by atoms with Crippen molar-refractivity contribution in [2.75, 3.05) is 13.7 Å². The molecule has 1 aromatic rings. The number of aromatic hydroxyl groups is 1. The van der Waals surface area contributed by atoms with E-state index < -0.39 is 0 Å². The van der Waals surface area contributed by atoms with Crippen molar-refractivity contribution >= 4 is 0 Å². The van der Waals surface area contributed by atoms with Gasteiger partial charge >= 0.3 is 0 Å². The third kappa shape index (κ3) is 1.34. The van der Waals surface area contributed by atoms with Crippen LogP contribution in [0, 0.1) is 13.8 Å². The number of rotatable bonds is 2. The molecule has 1 aliphatic heterocycles. The fourth-order valence-corrected chi connectivity index (χ4v) is 1.69.